The number of nitrogens with one attached hydrogen (secondary N) is 1. The molecule has 2 aromatic rings. The molecule has 1 aromatic carbocycles. The Kier molecular flexibility index (Phi) is 4.09. The van der Waals surface area contributed by atoms with Crippen molar-refractivity contribution in [2.24, 2.45) is 0 Å². The van der Waals surface area contributed by atoms with E-state index in [2.05, 4.69) is 10.3 Å². The molecule has 0 fully saturated rings. The number of para-hydroxylation sites is 1. The van der Waals surface area contributed by atoms with Gasteiger partial charge in [-0.15, -0.1) is 0 Å². The van der Waals surface area contributed by atoms with Crippen molar-refractivity contribution in [1.29, 1.82) is 0 Å². The van der Waals surface area contributed by atoms with E-state index in [-0.39, 0.29) is 5.75 Å². The molecule has 0 amide bonds. The molecule has 0 radical (unpaired) electrons. The van der Waals surface area contributed by atoms with E-state index in [4.69, 9.17) is 4.74 Å². The van der Waals surface area contributed by atoms with E-state index >= 15 is 0 Å². The number of pyridine rings is 1. The van der Waals surface area contributed by atoms with Crippen molar-refractivity contribution in [1.82, 2.24) is 4.98 Å². The van der Waals surface area contributed by atoms with E-state index in [9.17, 15) is 14.5 Å². The Bertz CT molecular complexity index is 634. The molecule has 0 aliphatic carbocycles. The molecule has 0 aliphatic rings. The second kappa shape index (κ2) is 5.96. The van der Waals surface area contributed by atoms with Crippen LogP contribution in [0.1, 0.15) is 6.92 Å². The number of anilines is 1. The van der Waals surface area contributed by atoms with Gasteiger partial charge >= 0.3 is 5.69 Å². The quantitative estimate of drug-likeness (QED) is 0.669. The fourth-order valence-electron chi connectivity index (χ4n) is 1.64. The first kappa shape index (κ1) is 13.7. The van der Waals surface area contributed by atoms with E-state index in [1.54, 1.807) is 12.3 Å². The highest BCUT2D eigenvalue weighted by atomic mass is 19.1. The molecule has 0 saturated carbocycles. The summed E-state index contributed by atoms with van der Waals surface area (Å²) in [5, 5.41) is 13.9. The third kappa shape index (κ3) is 3.00. The van der Waals surface area contributed by atoms with Gasteiger partial charge in [0.2, 0.25) is 5.75 Å². The Morgan fingerprint density at radius 2 is 2.25 bits per heavy atom. The van der Waals surface area contributed by atoms with Crippen LogP contribution in [0.3, 0.4) is 0 Å². The van der Waals surface area contributed by atoms with Crippen molar-refractivity contribution in [3.8, 4) is 11.5 Å². The Hall–Kier alpha value is -2.70. The largest absolute Gasteiger partial charge is 0.445 e. The smallest absolute Gasteiger partial charge is 0.314 e. The summed E-state index contributed by atoms with van der Waals surface area (Å²) in [6, 6.07) is 5.13. The van der Waals surface area contributed by atoms with Crippen LogP contribution in [0.5, 0.6) is 11.5 Å². The Labute approximate surface area is 114 Å². The minimum absolute atomic E-state index is 0.219. The lowest BCUT2D eigenvalue weighted by atomic mass is 10.3. The van der Waals surface area contributed by atoms with Gasteiger partial charge in [0.25, 0.3) is 0 Å². The number of hydrogen-bond donors (Lipinski definition) is 1. The third-order valence-corrected chi connectivity index (χ3v) is 2.46. The highest BCUT2D eigenvalue weighted by molar-refractivity contribution is 5.51. The minimum Gasteiger partial charge on any atom is -0.445 e. The molecular weight excluding hydrogens is 265 g/mol. The first-order valence-corrected chi connectivity index (χ1v) is 5.91. The topological polar surface area (TPSA) is 77.3 Å². The fraction of sp³-hybridized carbons (Fsp3) is 0.154. The van der Waals surface area contributed by atoms with Gasteiger partial charge in [-0.1, -0.05) is 6.07 Å². The normalized spacial score (nSPS) is 10.1. The summed E-state index contributed by atoms with van der Waals surface area (Å²) in [4.78, 5) is 14.1. The van der Waals surface area contributed by atoms with Gasteiger partial charge in [0.05, 0.1) is 23.0 Å². The molecule has 0 bridgehead atoms. The van der Waals surface area contributed by atoms with Crippen LogP contribution in [-0.4, -0.2) is 16.5 Å². The number of aromatic nitrogens is 1. The van der Waals surface area contributed by atoms with Crippen LogP contribution in [0.25, 0.3) is 0 Å². The van der Waals surface area contributed by atoms with Crippen LogP contribution in [0.2, 0.25) is 0 Å². The average molecular weight is 277 g/mol. The summed E-state index contributed by atoms with van der Waals surface area (Å²) in [5.41, 5.74) is 0.253. The summed E-state index contributed by atoms with van der Waals surface area (Å²) >= 11 is 0. The van der Waals surface area contributed by atoms with Crippen LogP contribution in [0.4, 0.5) is 15.8 Å². The second-order valence-corrected chi connectivity index (χ2v) is 3.89. The van der Waals surface area contributed by atoms with Crippen molar-refractivity contribution in [3.05, 3.63) is 52.6 Å². The first-order chi connectivity index (χ1) is 9.61. The highest BCUT2D eigenvalue weighted by Gasteiger charge is 2.20. The lowest BCUT2D eigenvalue weighted by Crippen LogP contribution is -1.99. The zero-order valence-corrected chi connectivity index (χ0v) is 10.7. The minimum atomic E-state index is -0.798. The molecule has 104 valence electrons. The zero-order chi connectivity index (χ0) is 14.5. The van der Waals surface area contributed by atoms with Crippen LogP contribution in [0.15, 0.2) is 36.7 Å². The monoisotopic (exact) mass is 277 g/mol. The van der Waals surface area contributed by atoms with Crippen LogP contribution in [-0.2, 0) is 0 Å². The zero-order valence-electron chi connectivity index (χ0n) is 10.7. The molecular formula is C13H12FN3O3. The number of ether oxygens (including phenoxy) is 1. The van der Waals surface area contributed by atoms with Crippen molar-refractivity contribution in [2.75, 3.05) is 11.9 Å². The van der Waals surface area contributed by atoms with Crippen molar-refractivity contribution >= 4 is 11.4 Å². The van der Waals surface area contributed by atoms with Crippen LogP contribution < -0.4 is 10.1 Å². The number of nitro benzene ring substituents is 1. The molecule has 0 unspecified atom stereocenters. The van der Waals surface area contributed by atoms with Crippen molar-refractivity contribution in [3.63, 3.8) is 0 Å². The van der Waals surface area contributed by atoms with Gasteiger partial charge < -0.3 is 10.1 Å². The highest BCUT2D eigenvalue weighted by Crippen LogP contribution is 2.34. The van der Waals surface area contributed by atoms with E-state index in [1.165, 1.54) is 18.3 Å². The van der Waals surface area contributed by atoms with Crippen molar-refractivity contribution < 1.29 is 14.1 Å². The Morgan fingerprint density at radius 3 is 2.95 bits per heavy atom. The van der Waals surface area contributed by atoms with Crippen molar-refractivity contribution in [2.45, 2.75) is 6.92 Å². The lowest BCUT2D eigenvalue weighted by molar-refractivity contribution is -0.385. The number of benzene rings is 1. The number of nitrogens with zero attached hydrogens (tertiary/aromatic N) is 2. The summed E-state index contributed by atoms with van der Waals surface area (Å²) in [6.45, 7) is 2.60. The molecule has 0 saturated heterocycles. The molecule has 20 heavy (non-hydrogen) atoms. The fourth-order valence-corrected chi connectivity index (χ4v) is 1.64. The molecule has 1 aromatic heterocycles. The number of halogens is 1. The summed E-state index contributed by atoms with van der Waals surface area (Å²) < 4.78 is 18.9. The third-order valence-electron chi connectivity index (χ3n) is 2.46. The molecule has 0 aliphatic heterocycles. The standard InChI is InChI=1S/C13H12FN3O3/c1-2-16-9-6-10(8-15-7-9)20-13-11(14)4-3-5-12(13)17(18)19/h3-8,16H,2H2,1H3. The first-order valence-electron chi connectivity index (χ1n) is 5.91. The lowest BCUT2D eigenvalue weighted by Gasteiger charge is -2.08. The van der Waals surface area contributed by atoms with Gasteiger partial charge in [0.15, 0.2) is 5.82 Å². The van der Waals surface area contributed by atoms with Crippen LogP contribution in [0, 0.1) is 15.9 Å². The molecule has 0 atom stereocenters. The molecule has 7 heteroatoms. The number of rotatable bonds is 5. The van der Waals surface area contributed by atoms with E-state index in [1.807, 2.05) is 6.92 Å². The predicted octanol–water partition coefficient (Wildman–Crippen LogP) is 3.35. The van der Waals surface area contributed by atoms with E-state index in [0.29, 0.717) is 12.2 Å². The maximum absolute atomic E-state index is 13.7. The summed E-state index contributed by atoms with van der Waals surface area (Å²) in [5.74, 6) is -1.00. The molecule has 0 spiro atoms. The summed E-state index contributed by atoms with van der Waals surface area (Å²) in [6.07, 6.45) is 2.93. The molecule has 1 N–H and O–H groups in total. The van der Waals surface area contributed by atoms with Gasteiger partial charge in [-0.25, -0.2) is 4.39 Å². The molecule has 6 nitrogen and oxygen atoms in total. The molecule has 2 rings (SSSR count). The Balaban J connectivity index is 2.34. The second-order valence-electron chi connectivity index (χ2n) is 3.89. The molecule has 1 heterocycles. The maximum Gasteiger partial charge on any atom is 0.314 e. The van der Waals surface area contributed by atoms with Gasteiger partial charge in [-0.2, -0.15) is 0 Å². The van der Waals surface area contributed by atoms with Gasteiger partial charge in [-0.05, 0) is 13.0 Å². The van der Waals surface area contributed by atoms with Gasteiger partial charge in [-0.3, -0.25) is 15.1 Å². The van der Waals surface area contributed by atoms with E-state index in [0.717, 1.165) is 6.07 Å². The van der Waals surface area contributed by atoms with Gasteiger partial charge in [0.1, 0.15) is 5.75 Å². The predicted molar refractivity (Wildman–Crippen MR) is 71.5 cm³/mol. The van der Waals surface area contributed by atoms with E-state index < -0.39 is 22.2 Å². The van der Waals surface area contributed by atoms with Gasteiger partial charge in [0, 0.05) is 18.7 Å². The average Bonchev–Trinajstić information content (AvgIpc) is 2.41. The SMILES string of the molecule is CCNc1cncc(Oc2c(F)cccc2[N+](=O)[O-])c1. The summed E-state index contributed by atoms with van der Waals surface area (Å²) in [7, 11) is 0. The maximum atomic E-state index is 13.7. The number of nitro groups is 1. The number of hydrogen-bond acceptors (Lipinski definition) is 5. The Morgan fingerprint density at radius 1 is 1.45 bits per heavy atom. The van der Waals surface area contributed by atoms with Crippen LogP contribution >= 0.6 is 0 Å².